The molecule has 0 atom stereocenters. The number of anilines is 1. The summed E-state index contributed by atoms with van der Waals surface area (Å²) in [4.78, 5) is 2.04. The van der Waals surface area contributed by atoms with Gasteiger partial charge in [-0.25, -0.2) is 0 Å². The zero-order chi connectivity index (χ0) is 13.1. The molecule has 0 saturated carbocycles. The average Bonchev–Trinajstić information content (AvgIpc) is 2.28. The minimum absolute atomic E-state index is 0.0150. The van der Waals surface area contributed by atoms with E-state index in [1.165, 1.54) is 0 Å². The SMILES string of the molecule is CN(CC(C)(C)CN)c1ccc(Cl)cc1C#N. The maximum atomic E-state index is 9.09. The van der Waals surface area contributed by atoms with Crippen molar-refractivity contribution in [2.24, 2.45) is 11.1 Å². The minimum Gasteiger partial charge on any atom is -0.373 e. The smallest absolute Gasteiger partial charge is 0.101 e. The number of nitriles is 1. The highest BCUT2D eigenvalue weighted by atomic mass is 35.5. The minimum atomic E-state index is 0.0150. The van der Waals surface area contributed by atoms with Crippen molar-refractivity contribution >= 4 is 17.3 Å². The van der Waals surface area contributed by atoms with Crippen molar-refractivity contribution in [2.75, 3.05) is 25.0 Å². The molecule has 0 fully saturated rings. The van der Waals surface area contributed by atoms with Crippen LogP contribution >= 0.6 is 11.6 Å². The molecule has 1 aromatic carbocycles. The van der Waals surface area contributed by atoms with E-state index in [4.69, 9.17) is 22.6 Å². The predicted molar refractivity (Wildman–Crippen MR) is 72.3 cm³/mol. The van der Waals surface area contributed by atoms with Gasteiger partial charge >= 0.3 is 0 Å². The summed E-state index contributed by atoms with van der Waals surface area (Å²) in [5.41, 5.74) is 7.21. The van der Waals surface area contributed by atoms with E-state index < -0.39 is 0 Å². The van der Waals surface area contributed by atoms with Crippen LogP contribution in [0.4, 0.5) is 5.69 Å². The lowest BCUT2D eigenvalue weighted by Gasteiger charge is -2.31. The molecule has 0 unspecified atom stereocenters. The molecule has 2 N–H and O–H groups in total. The maximum absolute atomic E-state index is 9.09. The fourth-order valence-corrected chi connectivity index (χ4v) is 1.89. The van der Waals surface area contributed by atoms with Crippen LogP contribution in [0.3, 0.4) is 0 Å². The van der Waals surface area contributed by atoms with Gasteiger partial charge in [-0.2, -0.15) is 5.26 Å². The Hall–Kier alpha value is -1.24. The lowest BCUT2D eigenvalue weighted by molar-refractivity contribution is 0.385. The van der Waals surface area contributed by atoms with E-state index in [1.807, 2.05) is 18.0 Å². The van der Waals surface area contributed by atoms with Gasteiger partial charge in [0.1, 0.15) is 6.07 Å². The van der Waals surface area contributed by atoms with Gasteiger partial charge in [0.15, 0.2) is 0 Å². The van der Waals surface area contributed by atoms with Crippen LogP contribution in [-0.2, 0) is 0 Å². The van der Waals surface area contributed by atoms with E-state index in [2.05, 4.69) is 19.9 Å². The maximum Gasteiger partial charge on any atom is 0.101 e. The topological polar surface area (TPSA) is 53.0 Å². The highest BCUT2D eigenvalue weighted by Crippen LogP contribution is 2.25. The lowest BCUT2D eigenvalue weighted by atomic mass is 9.93. The summed E-state index contributed by atoms with van der Waals surface area (Å²) in [5.74, 6) is 0. The van der Waals surface area contributed by atoms with E-state index in [9.17, 15) is 0 Å². The number of hydrogen-bond donors (Lipinski definition) is 1. The van der Waals surface area contributed by atoms with Crippen molar-refractivity contribution in [1.82, 2.24) is 0 Å². The molecule has 0 aliphatic rings. The Morgan fingerprint density at radius 1 is 1.47 bits per heavy atom. The Morgan fingerprint density at radius 3 is 2.65 bits per heavy atom. The van der Waals surface area contributed by atoms with Crippen molar-refractivity contribution in [3.8, 4) is 6.07 Å². The van der Waals surface area contributed by atoms with Crippen LogP contribution in [0.5, 0.6) is 0 Å². The van der Waals surface area contributed by atoms with Gasteiger partial charge in [-0.3, -0.25) is 0 Å². The molecule has 0 saturated heterocycles. The monoisotopic (exact) mass is 251 g/mol. The Kier molecular flexibility index (Phi) is 4.39. The molecule has 0 radical (unpaired) electrons. The second-order valence-electron chi connectivity index (χ2n) is 5.00. The molecule has 0 heterocycles. The fourth-order valence-electron chi connectivity index (χ4n) is 1.72. The van der Waals surface area contributed by atoms with Gasteiger partial charge in [-0.05, 0) is 30.2 Å². The van der Waals surface area contributed by atoms with Crippen molar-refractivity contribution in [2.45, 2.75) is 13.8 Å². The molecule has 17 heavy (non-hydrogen) atoms. The van der Waals surface area contributed by atoms with E-state index in [1.54, 1.807) is 12.1 Å². The molecule has 4 heteroatoms. The van der Waals surface area contributed by atoms with Crippen molar-refractivity contribution in [3.05, 3.63) is 28.8 Å². The van der Waals surface area contributed by atoms with Crippen LogP contribution in [0.1, 0.15) is 19.4 Å². The highest BCUT2D eigenvalue weighted by molar-refractivity contribution is 6.30. The Balaban J connectivity index is 2.97. The third-order valence-electron chi connectivity index (χ3n) is 2.71. The van der Waals surface area contributed by atoms with E-state index in [-0.39, 0.29) is 5.41 Å². The van der Waals surface area contributed by atoms with Crippen LogP contribution in [0.15, 0.2) is 18.2 Å². The largest absolute Gasteiger partial charge is 0.373 e. The zero-order valence-corrected chi connectivity index (χ0v) is 11.3. The highest BCUT2D eigenvalue weighted by Gasteiger charge is 2.19. The van der Waals surface area contributed by atoms with Gasteiger partial charge in [0.05, 0.1) is 11.3 Å². The summed E-state index contributed by atoms with van der Waals surface area (Å²) >= 11 is 5.87. The molecule has 0 aromatic heterocycles. The molecule has 92 valence electrons. The fraction of sp³-hybridized carbons (Fsp3) is 0.462. The molecule has 0 aliphatic heterocycles. The summed E-state index contributed by atoms with van der Waals surface area (Å²) in [6, 6.07) is 7.51. The number of nitrogens with zero attached hydrogens (tertiary/aromatic N) is 2. The van der Waals surface area contributed by atoms with Crippen molar-refractivity contribution in [3.63, 3.8) is 0 Å². The zero-order valence-electron chi connectivity index (χ0n) is 10.5. The van der Waals surface area contributed by atoms with Gasteiger partial charge in [0, 0.05) is 18.6 Å². The summed E-state index contributed by atoms with van der Waals surface area (Å²) in [7, 11) is 1.96. The average molecular weight is 252 g/mol. The van der Waals surface area contributed by atoms with E-state index in [0.29, 0.717) is 17.1 Å². The molecule has 1 rings (SSSR count). The van der Waals surface area contributed by atoms with Crippen LogP contribution in [0.2, 0.25) is 5.02 Å². The molecule has 1 aromatic rings. The number of benzene rings is 1. The Bertz CT molecular complexity index is 435. The van der Waals surface area contributed by atoms with E-state index >= 15 is 0 Å². The molecule has 0 amide bonds. The number of halogens is 1. The van der Waals surface area contributed by atoms with Crippen molar-refractivity contribution in [1.29, 1.82) is 5.26 Å². The first kappa shape index (κ1) is 13.8. The third-order valence-corrected chi connectivity index (χ3v) is 2.94. The Morgan fingerprint density at radius 2 is 2.12 bits per heavy atom. The quantitative estimate of drug-likeness (QED) is 0.895. The second-order valence-corrected chi connectivity index (χ2v) is 5.43. The number of nitrogens with two attached hydrogens (primary N) is 1. The summed E-state index contributed by atoms with van der Waals surface area (Å²) in [6.07, 6.45) is 0. The molecular formula is C13H18ClN3. The first-order chi connectivity index (χ1) is 7.89. The lowest BCUT2D eigenvalue weighted by Crippen LogP contribution is -2.37. The standard InChI is InChI=1S/C13H18ClN3/c1-13(2,8-16)9-17(3)12-5-4-11(14)6-10(12)7-15/h4-6H,8-9,16H2,1-3H3. The first-order valence-electron chi connectivity index (χ1n) is 5.50. The van der Waals surface area contributed by atoms with Crippen LogP contribution in [0, 0.1) is 16.7 Å². The van der Waals surface area contributed by atoms with Gasteiger partial charge in [0.25, 0.3) is 0 Å². The van der Waals surface area contributed by atoms with Crippen LogP contribution in [-0.4, -0.2) is 20.1 Å². The number of rotatable bonds is 4. The van der Waals surface area contributed by atoms with Crippen molar-refractivity contribution < 1.29 is 0 Å². The van der Waals surface area contributed by atoms with E-state index in [0.717, 1.165) is 12.2 Å². The van der Waals surface area contributed by atoms with Crippen LogP contribution in [0.25, 0.3) is 0 Å². The molecule has 0 spiro atoms. The van der Waals surface area contributed by atoms with Gasteiger partial charge in [-0.1, -0.05) is 25.4 Å². The third kappa shape index (κ3) is 3.62. The number of hydrogen-bond acceptors (Lipinski definition) is 3. The summed E-state index contributed by atoms with van der Waals surface area (Å²) < 4.78 is 0. The molecular weight excluding hydrogens is 234 g/mol. The molecule has 0 aliphatic carbocycles. The molecule has 0 bridgehead atoms. The summed E-state index contributed by atoms with van der Waals surface area (Å²) in [5, 5.41) is 9.67. The van der Waals surface area contributed by atoms with Gasteiger partial charge < -0.3 is 10.6 Å². The van der Waals surface area contributed by atoms with Gasteiger partial charge in [-0.15, -0.1) is 0 Å². The van der Waals surface area contributed by atoms with Gasteiger partial charge in [0.2, 0.25) is 0 Å². The Labute approximate surface area is 108 Å². The molecule has 3 nitrogen and oxygen atoms in total. The summed E-state index contributed by atoms with van der Waals surface area (Å²) in [6.45, 7) is 5.60. The first-order valence-corrected chi connectivity index (χ1v) is 5.88. The normalized spacial score (nSPS) is 11.1. The van der Waals surface area contributed by atoms with Crippen LogP contribution < -0.4 is 10.6 Å². The predicted octanol–water partition coefficient (Wildman–Crippen LogP) is 2.63. The second kappa shape index (κ2) is 5.39.